The SMILES string of the molecule is CC(=O)Nc1ccc(N2CCN(C(=O)C=Cc3ccccc3)CC2)c(Cl)c1. The molecule has 0 unspecified atom stereocenters. The van der Waals surface area contributed by atoms with Gasteiger partial charge in [0.05, 0.1) is 10.7 Å². The van der Waals surface area contributed by atoms with Crippen LogP contribution in [0.4, 0.5) is 11.4 Å². The van der Waals surface area contributed by atoms with Crippen molar-refractivity contribution >= 4 is 40.9 Å². The second-order valence-corrected chi connectivity index (χ2v) is 6.81. The maximum absolute atomic E-state index is 12.4. The molecule has 5 nitrogen and oxygen atoms in total. The van der Waals surface area contributed by atoms with Crippen molar-refractivity contribution in [2.45, 2.75) is 6.92 Å². The summed E-state index contributed by atoms with van der Waals surface area (Å²) in [4.78, 5) is 27.5. The number of benzene rings is 2. The summed E-state index contributed by atoms with van der Waals surface area (Å²) in [7, 11) is 0. The number of halogens is 1. The standard InChI is InChI=1S/C21H22ClN3O2/c1-16(26)23-18-8-9-20(19(22)15-18)24-11-13-25(14-12-24)21(27)10-7-17-5-3-2-4-6-17/h2-10,15H,11-14H2,1H3,(H,23,26). The fourth-order valence-electron chi connectivity index (χ4n) is 3.05. The number of anilines is 2. The Morgan fingerprint density at radius 1 is 1.04 bits per heavy atom. The first kappa shape index (κ1) is 19.0. The summed E-state index contributed by atoms with van der Waals surface area (Å²) < 4.78 is 0. The van der Waals surface area contributed by atoms with Gasteiger partial charge in [-0.05, 0) is 29.8 Å². The van der Waals surface area contributed by atoms with E-state index in [-0.39, 0.29) is 11.8 Å². The van der Waals surface area contributed by atoms with Gasteiger partial charge in [-0.1, -0.05) is 41.9 Å². The highest BCUT2D eigenvalue weighted by Crippen LogP contribution is 2.29. The summed E-state index contributed by atoms with van der Waals surface area (Å²) in [5.41, 5.74) is 2.60. The van der Waals surface area contributed by atoms with Crippen molar-refractivity contribution in [1.29, 1.82) is 0 Å². The van der Waals surface area contributed by atoms with E-state index in [0.29, 0.717) is 36.9 Å². The lowest BCUT2D eigenvalue weighted by molar-refractivity contribution is -0.126. The number of piperazine rings is 1. The number of rotatable bonds is 4. The summed E-state index contributed by atoms with van der Waals surface area (Å²) in [5, 5.41) is 3.31. The minimum atomic E-state index is -0.130. The van der Waals surface area contributed by atoms with Gasteiger partial charge in [-0.25, -0.2) is 0 Å². The maximum Gasteiger partial charge on any atom is 0.246 e. The number of carbonyl (C=O) groups excluding carboxylic acids is 2. The minimum Gasteiger partial charge on any atom is -0.367 e. The lowest BCUT2D eigenvalue weighted by atomic mass is 10.2. The summed E-state index contributed by atoms with van der Waals surface area (Å²) in [5.74, 6) is -0.111. The van der Waals surface area contributed by atoms with Crippen LogP contribution in [-0.4, -0.2) is 42.9 Å². The molecule has 1 heterocycles. The zero-order valence-electron chi connectivity index (χ0n) is 15.2. The molecule has 1 N–H and O–H groups in total. The Hall–Kier alpha value is -2.79. The number of hydrogen-bond acceptors (Lipinski definition) is 3. The molecule has 2 aromatic rings. The van der Waals surface area contributed by atoms with Crippen LogP contribution in [0.2, 0.25) is 5.02 Å². The third-order valence-electron chi connectivity index (χ3n) is 4.42. The first-order valence-corrected chi connectivity index (χ1v) is 9.25. The van der Waals surface area contributed by atoms with Crippen LogP contribution in [0.1, 0.15) is 12.5 Å². The van der Waals surface area contributed by atoms with E-state index < -0.39 is 0 Å². The molecule has 2 aromatic carbocycles. The Kier molecular flexibility index (Phi) is 6.14. The van der Waals surface area contributed by atoms with E-state index in [4.69, 9.17) is 11.6 Å². The van der Waals surface area contributed by atoms with Gasteiger partial charge in [0.2, 0.25) is 11.8 Å². The summed E-state index contributed by atoms with van der Waals surface area (Å²) >= 11 is 6.38. The van der Waals surface area contributed by atoms with Crippen LogP contribution in [0, 0.1) is 0 Å². The lowest BCUT2D eigenvalue weighted by Crippen LogP contribution is -2.48. The van der Waals surface area contributed by atoms with Crippen molar-refractivity contribution < 1.29 is 9.59 Å². The van der Waals surface area contributed by atoms with Crippen LogP contribution in [0.3, 0.4) is 0 Å². The van der Waals surface area contributed by atoms with E-state index in [0.717, 1.165) is 11.3 Å². The fourth-order valence-corrected chi connectivity index (χ4v) is 3.35. The molecular weight excluding hydrogens is 362 g/mol. The second-order valence-electron chi connectivity index (χ2n) is 6.40. The van der Waals surface area contributed by atoms with Gasteiger partial charge in [-0.15, -0.1) is 0 Å². The van der Waals surface area contributed by atoms with Gasteiger partial charge in [0.1, 0.15) is 0 Å². The topological polar surface area (TPSA) is 52.7 Å². The van der Waals surface area contributed by atoms with Crippen LogP contribution in [0.15, 0.2) is 54.6 Å². The molecule has 140 valence electrons. The van der Waals surface area contributed by atoms with E-state index in [1.807, 2.05) is 53.4 Å². The zero-order chi connectivity index (χ0) is 19.2. The largest absolute Gasteiger partial charge is 0.367 e. The average molecular weight is 384 g/mol. The van der Waals surface area contributed by atoms with Crippen molar-refractivity contribution in [3.05, 3.63) is 65.2 Å². The van der Waals surface area contributed by atoms with E-state index in [1.54, 1.807) is 12.1 Å². The average Bonchev–Trinajstić information content (AvgIpc) is 2.67. The van der Waals surface area contributed by atoms with Crippen LogP contribution in [-0.2, 0) is 9.59 Å². The van der Waals surface area contributed by atoms with E-state index in [2.05, 4.69) is 10.2 Å². The lowest BCUT2D eigenvalue weighted by Gasteiger charge is -2.36. The smallest absolute Gasteiger partial charge is 0.246 e. The van der Waals surface area contributed by atoms with Crippen LogP contribution >= 0.6 is 11.6 Å². The molecule has 0 bridgehead atoms. The molecular formula is C21H22ClN3O2. The molecule has 27 heavy (non-hydrogen) atoms. The van der Waals surface area contributed by atoms with Crippen molar-refractivity contribution in [2.75, 3.05) is 36.4 Å². The molecule has 3 rings (SSSR count). The molecule has 6 heteroatoms. The third kappa shape index (κ3) is 5.11. The monoisotopic (exact) mass is 383 g/mol. The van der Waals surface area contributed by atoms with Gasteiger partial charge in [0.25, 0.3) is 0 Å². The quantitative estimate of drug-likeness (QED) is 0.820. The van der Waals surface area contributed by atoms with E-state index >= 15 is 0 Å². The van der Waals surface area contributed by atoms with Crippen molar-refractivity contribution in [2.24, 2.45) is 0 Å². The van der Waals surface area contributed by atoms with Gasteiger partial charge in [0.15, 0.2) is 0 Å². The summed E-state index contributed by atoms with van der Waals surface area (Å²) in [6, 6.07) is 15.3. The van der Waals surface area contributed by atoms with Crippen LogP contribution < -0.4 is 10.2 Å². The third-order valence-corrected chi connectivity index (χ3v) is 4.72. The van der Waals surface area contributed by atoms with Gasteiger partial charge in [0, 0.05) is 44.9 Å². The number of amides is 2. The fraction of sp³-hybridized carbons (Fsp3) is 0.238. The molecule has 1 saturated heterocycles. The highest BCUT2D eigenvalue weighted by molar-refractivity contribution is 6.33. The molecule has 0 aliphatic carbocycles. The predicted octanol–water partition coefficient (Wildman–Crippen LogP) is 3.66. The van der Waals surface area contributed by atoms with Gasteiger partial charge in [-0.3, -0.25) is 9.59 Å². The first-order chi connectivity index (χ1) is 13.0. The highest BCUT2D eigenvalue weighted by Gasteiger charge is 2.21. The van der Waals surface area contributed by atoms with Gasteiger partial charge in [-0.2, -0.15) is 0 Å². The second kappa shape index (κ2) is 8.73. The van der Waals surface area contributed by atoms with Gasteiger partial charge >= 0.3 is 0 Å². The predicted molar refractivity (Wildman–Crippen MR) is 110 cm³/mol. The Labute approximate surface area is 164 Å². The maximum atomic E-state index is 12.4. The molecule has 0 saturated carbocycles. The normalized spacial score (nSPS) is 14.4. The zero-order valence-corrected chi connectivity index (χ0v) is 15.9. The van der Waals surface area contributed by atoms with E-state index in [9.17, 15) is 9.59 Å². The molecule has 1 fully saturated rings. The summed E-state index contributed by atoms with van der Waals surface area (Å²) in [6.45, 7) is 4.17. The minimum absolute atomic E-state index is 0.0191. The number of hydrogen-bond donors (Lipinski definition) is 1. The number of nitrogens with zero attached hydrogens (tertiary/aromatic N) is 2. The molecule has 0 atom stereocenters. The Morgan fingerprint density at radius 2 is 1.74 bits per heavy atom. The highest BCUT2D eigenvalue weighted by atomic mass is 35.5. The first-order valence-electron chi connectivity index (χ1n) is 8.87. The molecule has 0 radical (unpaired) electrons. The number of carbonyl (C=O) groups is 2. The van der Waals surface area contributed by atoms with Crippen molar-refractivity contribution in [3.8, 4) is 0 Å². The molecule has 1 aliphatic rings. The molecule has 0 aromatic heterocycles. The van der Waals surface area contributed by atoms with Crippen LogP contribution in [0.25, 0.3) is 6.08 Å². The molecule has 0 spiro atoms. The Bertz CT molecular complexity index is 844. The Balaban J connectivity index is 1.58. The summed E-state index contributed by atoms with van der Waals surface area (Å²) in [6.07, 6.45) is 3.46. The van der Waals surface area contributed by atoms with Gasteiger partial charge < -0.3 is 15.1 Å². The van der Waals surface area contributed by atoms with E-state index in [1.165, 1.54) is 6.92 Å². The van der Waals surface area contributed by atoms with Crippen molar-refractivity contribution in [3.63, 3.8) is 0 Å². The number of nitrogens with one attached hydrogen (secondary N) is 1. The molecule has 1 aliphatic heterocycles. The van der Waals surface area contributed by atoms with Crippen molar-refractivity contribution in [1.82, 2.24) is 4.90 Å². The van der Waals surface area contributed by atoms with Crippen LogP contribution in [0.5, 0.6) is 0 Å². The molecule has 2 amide bonds. The Morgan fingerprint density at radius 3 is 2.37 bits per heavy atom.